The maximum Gasteiger partial charge on any atom is 0.204 e. The molecule has 3 aromatic carbocycles. The average Bonchev–Trinajstić information content (AvgIpc) is 3.47. The molecule has 0 aliphatic rings. The van der Waals surface area contributed by atoms with Crippen molar-refractivity contribution in [2.75, 3.05) is 0 Å². The highest BCUT2D eigenvalue weighted by Gasteiger charge is 2.09. The number of thiazole rings is 1. The van der Waals surface area contributed by atoms with E-state index in [0.717, 1.165) is 38.5 Å². The number of H-pyrrole nitrogens is 1. The smallest absolute Gasteiger partial charge is 0.204 e. The number of nitrogens with zero attached hydrogens (tertiary/aromatic N) is 4. The van der Waals surface area contributed by atoms with E-state index >= 15 is 0 Å². The van der Waals surface area contributed by atoms with Gasteiger partial charge in [-0.05, 0) is 28.5 Å². The topological polar surface area (TPSA) is 67.3 Å². The highest BCUT2D eigenvalue weighted by molar-refractivity contribution is 7.13. The van der Waals surface area contributed by atoms with Crippen molar-refractivity contribution in [3.05, 3.63) is 84.2 Å². The summed E-state index contributed by atoms with van der Waals surface area (Å²) in [4.78, 5) is 4.83. The first-order valence-corrected chi connectivity index (χ1v) is 9.70. The molecule has 0 aliphatic carbocycles. The number of tetrazole rings is 1. The lowest BCUT2D eigenvalue weighted by Gasteiger charge is -2.05. The summed E-state index contributed by atoms with van der Waals surface area (Å²) < 4.78 is 0. The normalized spacial score (nSPS) is 10.9. The molecule has 1 N–H and O–H groups in total. The highest BCUT2D eigenvalue weighted by atomic mass is 32.1. The average molecular weight is 381 g/mol. The zero-order valence-corrected chi connectivity index (χ0v) is 15.6. The predicted molar refractivity (Wildman–Crippen MR) is 112 cm³/mol. The molecule has 5 nitrogen and oxygen atoms in total. The molecule has 0 radical (unpaired) electrons. The fourth-order valence-electron chi connectivity index (χ4n) is 3.10. The van der Waals surface area contributed by atoms with Crippen LogP contribution in [0.1, 0.15) is 0 Å². The summed E-state index contributed by atoms with van der Waals surface area (Å²) in [6.45, 7) is 0. The molecule has 0 atom stereocenters. The van der Waals surface area contributed by atoms with Crippen LogP contribution in [0.3, 0.4) is 0 Å². The Kier molecular flexibility index (Phi) is 4.23. The van der Waals surface area contributed by atoms with E-state index in [9.17, 15) is 0 Å². The van der Waals surface area contributed by atoms with E-state index in [1.54, 1.807) is 11.3 Å². The van der Waals surface area contributed by atoms with Crippen LogP contribution < -0.4 is 0 Å². The molecule has 5 rings (SSSR count). The van der Waals surface area contributed by atoms with Gasteiger partial charge in [0.25, 0.3) is 0 Å². The molecule has 0 saturated heterocycles. The Morgan fingerprint density at radius 3 is 2.11 bits per heavy atom. The second-order valence-corrected chi connectivity index (χ2v) is 7.16. The number of nitrogens with one attached hydrogen (secondary N) is 1. The van der Waals surface area contributed by atoms with Gasteiger partial charge in [-0.2, -0.15) is 5.21 Å². The summed E-state index contributed by atoms with van der Waals surface area (Å²) in [5.74, 6) is 0.588. The van der Waals surface area contributed by atoms with Gasteiger partial charge in [0.1, 0.15) is 5.01 Å². The van der Waals surface area contributed by atoms with Gasteiger partial charge in [-0.25, -0.2) is 4.98 Å². The molecule has 0 unspecified atom stereocenters. The van der Waals surface area contributed by atoms with Crippen LogP contribution in [0.25, 0.3) is 44.3 Å². The van der Waals surface area contributed by atoms with Crippen LogP contribution in [0.5, 0.6) is 0 Å². The second kappa shape index (κ2) is 7.17. The minimum Gasteiger partial charge on any atom is -0.236 e. The minimum atomic E-state index is 0.588. The van der Waals surface area contributed by atoms with Crippen LogP contribution in [-0.2, 0) is 0 Å². The van der Waals surface area contributed by atoms with Crippen molar-refractivity contribution >= 4 is 11.3 Å². The molecule has 6 heteroatoms. The lowest BCUT2D eigenvalue weighted by atomic mass is 10.00. The van der Waals surface area contributed by atoms with Gasteiger partial charge in [0.15, 0.2) is 0 Å². The van der Waals surface area contributed by atoms with Gasteiger partial charge in [-0.15, -0.1) is 21.5 Å². The van der Waals surface area contributed by atoms with Gasteiger partial charge in [-0.1, -0.05) is 66.7 Å². The summed E-state index contributed by atoms with van der Waals surface area (Å²) >= 11 is 1.66. The first kappa shape index (κ1) is 16.5. The third kappa shape index (κ3) is 3.21. The fourth-order valence-corrected chi connectivity index (χ4v) is 3.93. The zero-order valence-electron chi connectivity index (χ0n) is 14.8. The van der Waals surface area contributed by atoms with Crippen molar-refractivity contribution in [3.63, 3.8) is 0 Å². The van der Waals surface area contributed by atoms with Gasteiger partial charge < -0.3 is 0 Å². The third-order valence-electron chi connectivity index (χ3n) is 4.48. The number of rotatable bonds is 4. The molecule has 0 amide bonds. The van der Waals surface area contributed by atoms with E-state index in [4.69, 9.17) is 4.98 Å². The Labute approximate surface area is 165 Å². The van der Waals surface area contributed by atoms with Crippen LogP contribution >= 0.6 is 11.3 Å². The largest absolute Gasteiger partial charge is 0.236 e. The summed E-state index contributed by atoms with van der Waals surface area (Å²) in [5, 5.41) is 17.4. The molecule has 0 spiro atoms. The van der Waals surface area contributed by atoms with Crippen LogP contribution in [0.4, 0.5) is 0 Å². The molecule has 0 fully saturated rings. The summed E-state index contributed by atoms with van der Waals surface area (Å²) in [5.41, 5.74) is 6.38. The third-order valence-corrected chi connectivity index (χ3v) is 5.37. The molecule has 28 heavy (non-hydrogen) atoms. The summed E-state index contributed by atoms with van der Waals surface area (Å²) in [7, 11) is 0. The molecular formula is C22H15N5S. The predicted octanol–water partition coefficient (Wildman–Crippen LogP) is 5.32. The Balaban J connectivity index is 1.49. The number of benzene rings is 3. The van der Waals surface area contributed by atoms with Crippen LogP contribution in [0.2, 0.25) is 0 Å². The molecule has 134 valence electrons. The van der Waals surface area contributed by atoms with E-state index in [0.29, 0.717) is 5.82 Å². The zero-order chi connectivity index (χ0) is 18.8. The van der Waals surface area contributed by atoms with E-state index in [2.05, 4.69) is 74.5 Å². The summed E-state index contributed by atoms with van der Waals surface area (Å²) in [6.07, 6.45) is 0. The Bertz CT molecular complexity index is 1210. The standard InChI is InChI=1S/C22H15N5S/c1-2-6-15(7-3-1)22-23-20(14-28-22)18-10-4-8-16(12-18)17-9-5-11-19(13-17)21-24-26-27-25-21/h1-14H,(H,24,25,26,27). The first-order chi connectivity index (χ1) is 13.9. The number of aromatic nitrogens is 5. The van der Waals surface area contributed by atoms with Gasteiger partial charge in [-0.3, -0.25) is 0 Å². The maximum absolute atomic E-state index is 4.83. The van der Waals surface area contributed by atoms with Crippen molar-refractivity contribution in [2.24, 2.45) is 0 Å². The Morgan fingerprint density at radius 2 is 1.36 bits per heavy atom. The van der Waals surface area contributed by atoms with Crippen molar-refractivity contribution in [2.45, 2.75) is 0 Å². The molecule has 0 bridgehead atoms. The van der Waals surface area contributed by atoms with Gasteiger partial charge in [0, 0.05) is 22.1 Å². The SMILES string of the molecule is c1ccc(-c2nc(-c3cccc(-c4cccc(-c5nn[nH]n5)c4)c3)cs2)cc1. The number of hydrogen-bond donors (Lipinski definition) is 1. The molecular weight excluding hydrogens is 366 g/mol. The van der Waals surface area contributed by atoms with E-state index in [1.165, 1.54) is 0 Å². The highest BCUT2D eigenvalue weighted by Crippen LogP contribution is 2.31. The van der Waals surface area contributed by atoms with E-state index < -0.39 is 0 Å². The first-order valence-electron chi connectivity index (χ1n) is 8.82. The van der Waals surface area contributed by atoms with Gasteiger partial charge in [0.2, 0.25) is 5.82 Å². The minimum absolute atomic E-state index is 0.588. The number of aromatic amines is 1. The van der Waals surface area contributed by atoms with Gasteiger partial charge in [0.05, 0.1) is 5.69 Å². The van der Waals surface area contributed by atoms with E-state index in [1.807, 2.05) is 30.3 Å². The molecule has 2 heterocycles. The molecule has 2 aromatic heterocycles. The molecule has 0 aliphatic heterocycles. The van der Waals surface area contributed by atoms with Crippen molar-refractivity contribution in [3.8, 4) is 44.3 Å². The summed E-state index contributed by atoms with van der Waals surface area (Å²) in [6, 6.07) is 26.8. The number of hydrogen-bond acceptors (Lipinski definition) is 5. The Hall–Kier alpha value is -3.64. The van der Waals surface area contributed by atoms with E-state index in [-0.39, 0.29) is 0 Å². The van der Waals surface area contributed by atoms with Crippen LogP contribution in [0, 0.1) is 0 Å². The molecule has 0 saturated carbocycles. The van der Waals surface area contributed by atoms with Crippen LogP contribution in [-0.4, -0.2) is 25.6 Å². The monoisotopic (exact) mass is 381 g/mol. The lowest BCUT2D eigenvalue weighted by Crippen LogP contribution is -1.85. The van der Waals surface area contributed by atoms with Crippen molar-refractivity contribution in [1.29, 1.82) is 0 Å². The Morgan fingerprint density at radius 1 is 0.679 bits per heavy atom. The van der Waals surface area contributed by atoms with Crippen molar-refractivity contribution < 1.29 is 0 Å². The van der Waals surface area contributed by atoms with Crippen molar-refractivity contribution in [1.82, 2.24) is 25.6 Å². The fraction of sp³-hybridized carbons (Fsp3) is 0. The van der Waals surface area contributed by atoms with Crippen LogP contribution in [0.15, 0.2) is 84.2 Å². The quantitative estimate of drug-likeness (QED) is 0.457. The second-order valence-electron chi connectivity index (χ2n) is 6.30. The van der Waals surface area contributed by atoms with Gasteiger partial charge >= 0.3 is 0 Å². The molecule has 5 aromatic rings. The lowest BCUT2D eigenvalue weighted by molar-refractivity contribution is 0.881. The maximum atomic E-state index is 4.83.